The standard InChI is InChI=1S/C12H8ClFN4/c1-18-12-8(5-17-18)2-7(3-9(12)14)10-4-11(13)16-6-15-10/h2-6H,1H3. The summed E-state index contributed by atoms with van der Waals surface area (Å²) < 4.78 is 15.5. The summed E-state index contributed by atoms with van der Waals surface area (Å²) in [6.45, 7) is 0. The molecule has 3 rings (SSSR count). The van der Waals surface area contributed by atoms with Crippen molar-refractivity contribution in [1.82, 2.24) is 19.7 Å². The van der Waals surface area contributed by atoms with Crippen LogP contribution in [0.1, 0.15) is 0 Å². The van der Waals surface area contributed by atoms with E-state index in [0.717, 1.165) is 5.39 Å². The molecule has 0 radical (unpaired) electrons. The summed E-state index contributed by atoms with van der Waals surface area (Å²) in [5, 5.41) is 5.08. The molecule has 0 bridgehead atoms. The van der Waals surface area contributed by atoms with Crippen LogP contribution in [-0.2, 0) is 7.05 Å². The van der Waals surface area contributed by atoms with Crippen molar-refractivity contribution in [2.75, 3.05) is 0 Å². The maximum Gasteiger partial charge on any atom is 0.149 e. The molecule has 1 aromatic carbocycles. The lowest BCUT2D eigenvalue weighted by atomic mass is 10.1. The van der Waals surface area contributed by atoms with Crippen molar-refractivity contribution in [1.29, 1.82) is 0 Å². The zero-order valence-electron chi connectivity index (χ0n) is 9.43. The molecule has 6 heteroatoms. The van der Waals surface area contributed by atoms with Gasteiger partial charge in [0.25, 0.3) is 0 Å². The molecular weight excluding hydrogens is 255 g/mol. The highest BCUT2D eigenvalue weighted by molar-refractivity contribution is 6.29. The Morgan fingerprint density at radius 2 is 2.06 bits per heavy atom. The van der Waals surface area contributed by atoms with Crippen LogP contribution in [0.15, 0.2) is 30.7 Å². The number of rotatable bonds is 1. The van der Waals surface area contributed by atoms with Crippen LogP contribution < -0.4 is 0 Å². The molecule has 4 nitrogen and oxygen atoms in total. The first kappa shape index (κ1) is 11.1. The van der Waals surface area contributed by atoms with Crippen LogP contribution in [0.25, 0.3) is 22.2 Å². The molecule has 0 unspecified atom stereocenters. The van der Waals surface area contributed by atoms with Crippen molar-refractivity contribution in [2.45, 2.75) is 0 Å². The van der Waals surface area contributed by atoms with Crippen LogP contribution in [0.2, 0.25) is 5.15 Å². The molecule has 0 atom stereocenters. The van der Waals surface area contributed by atoms with Crippen LogP contribution in [0.3, 0.4) is 0 Å². The average Bonchev–Trinajstić information content (AvgIpc) is 2.71. The van der Waals surface area contributed by atoms with Crippen LogP contribution >= 0.6 is 11.6 Å². The maximum absolute atomic E-state index is 14.0. The highest BCUT2D eigenvalue weighted by Gasteiger charge is 2.10. The fourth-order valence-corrected chi connectivity index (χ4v) is 2.05. The second-order valence-corrected chi connectivity index (χ2v) is 4.28. The highest BCUT2D eigenvalue weighted by atomic mass is 35.5. The molecule has 3 aromatic rings. The number of nitrogens with zero attached hydrogens (tertiary/aromatic N) is 4. The number of hydrogen-bond acceptors (Lipinski definition) is 3. The predicted octanol–water partition coefficient (Wildman–Crippen LogP) is 2.82. The summed E-state index contributed by atoms with van der Waals surface area (Å²) in [4.78, 5) is 7.87. The van der Waals surface area contributed by atoms with Crippen LogP contribution in [0.5, 0.6) is 0 Å². The fraction of sp³-hybridized carbons (Fsp3) is 0.0833. The lowest BCUT2D eigenvalue weighted by Gasteiger charge is -2.03. The molecule has 90 valence electrons. The molecule has 0 saturated heterocycles. The first-order valence-electron chi connectivity index (χ1n) is 5.24. The van der Waals surface area contributed by atoms with Gasteiger partial charge in [0.1, 0.15) is 22.8 Å². The van der Waals surface area contributed by atoms with E-state index in [0.29, 0.717) is 21.9 Å². The lowest BCUT2D eigenvalue weighted by Crippen LogP contribution is -1.93. The molecule has 0 aliphatic rings. The summed E-state index contributed by atoms with van der Waals surface area (Å²) in [6, 6.07) is 4.84. The van der Waals surface area contributed by atoms with E-state index in [1.54, 1.807) is 19.3 Å². The summed E-state index contributed by atoms with van der Waals surface area (Å²) >= 11 is 5.80. The van der Waals surface area contributed by atoms with E-state index in [1.165, 1.54) is 17.1 Å². The summed E-state index contributed by atoms with van der Waals surface area (Å²) in [7, 11) is 1.70. The Kier molecular flexibility index (Phi) is 2.48. The van der Waals surface area contributed by atoms with Gasteiger partial charge < -0.3 is 0 Å². The Morgan fingerprint density at radius 3 is 2.83 bits per heavy atom. The topological polar surface area (TPSA) is 43.6 Å². The molecule has 0 aliphatic heterocycles. The van der Waals surface area contributed by atoms with E-state index >= 15 is 0 Å². The summed E-state index contributed by atoms with van der Waals surface area (Å²) in [6.07, 6.45) is 2.97. The first-order valence-corrected chi connectivity index (χ1v) is 5.62. The van der Waals surface area contributed by atoms with E-state index in [1.807, 2.05) is 6.07 Å². The Hall–Kier alpha value is -2.01. The Bertz CT molecular complexity index is 738. The minimum absolute atomic E-state index is 0.326. The summed E-state index contributed by atoms with van der Waals surface area (Å²) in [5.41, 5.74) is 1.70. The Balaban J connectivity index is 2.25. The SMILES string of the molecule is Cn1ncc2cc(-c3cc(Cl)ncn3)cc(F)c21. The van der Waals surface area contributed by atoms with Gasteiger partial charge >= 0.3 is 0 Å². The van der Waals surface area contributed by atoms with E-state index in [2.05, 4.69) is 15.1 Å². The largest absolute Gasteiger partial charge is 0.265 e. The third-order valence-electron chi connectivity index (χ3n) is 2.72. The molecular formula is C12H8ClFN4. The first-order chi connectivity index (χ1) is 8.65. The number of benzene rings is 1. The fourth-order valence-electron chi connectivity index (χ4n) is 1.91. The van der Waals surface area contributed by atoms with Gasteiger partial charge in [-0.2, -0.15) is 5.10 Å². The number of aryl methyl sites for hydroxylation is 1. The van der Waals surface area contributed by atoms with Crippen molar-refractivity contribution in [3.05, 3.63) is 41.7 Å². The van der Waals surface area contributed by atoms with E-state index < -0.39 is 0 Å². The third-order valence-corrected chi connectivity index (χ3v) is 2.92. The Labute approximate surface area is 107 Å². The van der Waals surface area contributed by atoms with Crippen molar-refractivity contribution in [3.63, 3.8) is 0 Å². The zero-order chi connectivity index (χ0) is 12.7. The Morgan fingerprint density at radius 1 is 1.22 bits per heavy atom. The monoisotopic (exact) mass is 262 g/mol. The quantitative estimate of drug-likeness (QED) is 0.634. The van der Waals surface area contributed by atoms with E-state index in [-0.39, 0.29) is 5.82 Å². The predicted molar refractivity (Wildman–Crippen MR) is 66.7 cm³/mol. The smallest absolute Gasteiger partial charge is 0.149 e. The third kappa shape index (κ3) is 1.73. The lowest BCUT2D eigenvalue weighted by molar-refractivity contribution is 0.626. The second-order valence-electron chi connectivity index (χ2n) is 3.89. The molecule has 2 aromatic heterocycles. The van der Waals surface area contributed by atoms with Gasteiger partial charge in [0.05, 0.1) is 11.9 Å². The molecule has 18 heavy (non-hydrogen) atoms. The molecule has 0 N–H and O–H groups in total. The van der Waals surface area contributed by atoms with Gasteiger partial charge in [-0.1, -0.05) is 11.6 Å². The van der Waals surface area contributed by atoms with Crippen LogP contribution in [0, 0.1) is 5.82 Å². The van der Waals surface area contributed by atoms with Gasteiger partial charge in [0, 0.05) is 24.1 Å². The minimum Gasteiger partial charge on any atom is -0.265 e. The molecule has 0 fully saturated rings. The van der Waals surface area contributed by atoms with Crippen molar-refractivity contribution < 1.29 is 4.39 Å². The molecule has 0 saturated carbocycles. The maximum atomic E-state index is 14.0. The second kappa shape index (κ2) is 4.03. The molecule has 2 heterocycles. The van der Waals surface area contributed by atoms with Gasteiger partial charge in [-0.05, 0) is 12.1 Å². The van der Waals surface area contributed by atoms with Gasteiger partial charge in [-0.25, -0.2) is 14.4 Å². The molecule has 0 spiro atoms. The van der Waals surface area contributed by atoms with Crippen LogP contribution in [-0.4, -0.2) is 19.7 Å². The van der Waals surface area contributed by atoms with Gasteiger partial charge in [-0.3, -0.25) is 4.68 Å². The van der Waals surface area contributed by atoms with Crippen molar-refractivity contribution in [2.24, 2.45) is 7.05 Å². The summed E-state index contributed by atoms with van der Waals surface area (Å²) in [5.74, 6) is -0.336. The van der Waals surface area contributed by atoms with E-state index in [4.69, 9.17) is 11.6 Å². The van der Waals surface area contributed by atoms with Crippen molar-refractivity contribution in [3.8, 4) is 11.3 Å². The average molecular weight is 263 g/mol. The normalized spacial score (nSPS) is 11.1. The van der Waals surface area contributed by atoms with Crippen LogP contribution in [0.4, 0.5) is 4.39 Å². The number of aromatic nitrogens is 4. The number of fused-ring (bicyclic) bond motifs is 1. The van der Waals surface area contributed by atoms with E-state index in [9.17, 15) is 4.39 Å². The van der Waals surface area contributed by atoms with Crippen molar-refractivity contribution >= 4 is 22.5 Å². The van der Waals surface area contributed by atoms with Gasteiger partial charge in [-0.15, -0.1) is 0 Å². The molecule has 0 aliphatic carbocycles. The molecule has 0 amide bonds. The number of halogens is 2. The minimum atomic E-state index is -0.336. The van der Waals surface area contributed by atoms with Gasteiger partial charge in [0.15, 0.2) is 0 Å². The van der Waals surface area contributed by atoms with Gasteiger partial charge in [0.2, 0.25) is 0 Å². The highest BCUT2D eigenvalue weighted by Crippen LogP contribution is 2.26. The zero-order valence-corrected chi connectivity index (χ0v) is 10.2. The number of hydrogen-bond donors (Lipinski definition) is 0.